The number of hydrogen-bond acceptors (Lipinski definition) is 5. The molecule has 0 aliphatic carbocycles. The SMILES string of the molecule is COc1ccc(C(=O)Nc2ccc(NCc3ccccc3)c(Cl)c2)nn1. The molecule has 3 rings (SSSR count). The number of carbonyl (C=O) groups is 1. The molecular weight excluding hydrogens is 352 g/mol. The molecule has 0 radical (unpaired) electrons. The van der Waals surface area contributed by atoms with E-state index in [1.165, 1.54) is 7.11 Å². The number of amides is 1. The van der Waals surface area contributed by atoms with Crippen LogP contribution in [0.1, 0.15) is 16.1 Å². The maximum Gasteiger partial charge on any atom is 0.276 e. The van der Waals surface area contributed by atoms with Gasteiger partial charge in [0.05, 0.1) is 17.8 Å². The molecule has 0 saturated heterocycles. The summed E-state index contributed by atoms with van der Waals surface area (Å²) in [4.78, 5) is 12.2. The minimum atomic E-state index is -0.374. The van der Waals surface area contributed by atoms with Crippen LogP contribution in [0.25, 0.3) is 0 Å². The minimum absolute atomic E-state index is 0.188. The average molecular weight is 369 g/mol. The zero-order valence-corrected chi connectivity index (χ0v) is 14.8. The predicted molar refractivity (Wildman–Crippen MR) is 102 cm³/mol. The molecular formula is C19H17ClN4O2. The minimum Gasteiger partial charge on any atom is -0.480 e. The summed E-state index contributed by atoms with van der Waals surface area (Å²) < 4.78 is 4.92. The summed E-state index contributed by atoms with van der Waals surface area (Å²) in [5, 5.41) is 14.1. The number of rotatable bonds is 6. The molecule has 2 N–H and O–H groups in total. The molecule has 0 aliphatic heterocycles. The van der Waals surface area contributed by atoms with E-state index >= 15 is 0 Å². The molecule has 132 valence electrons. The van der Waals surface area contributed by atoms with E-state index in [9.17, 15) is 4.79 Å². The molecule has 0 atom stereocenters. The van der Waals surface area contributed by atoms with E-state index in [1.54, 1.807) is 24.3 Å². The van der Waals surface area contributed by atoms with Gasteiger partial charge >= 0.3 is 0 Å². The van der Waals surface area contributed by atoms with E-state index in [2.05, 4.69) is 20.8 Å². The van der Waals surface area contributed by atoms with Gasteiger partial charge in [0.2, 0.25) is 5.88 Å². The van der Waals surface area contributed by atoms with Crippen LogP contribution in [0, 0.1) is 0 Å². The summed E-state index contributed by atoms with van der Waals surface area (Å²) >= 11 is 6.31. The van der Waals surface area contributed by atoms with Gasteiger partial charge in [-0.2, -0.15) is 0 Å². The fourth-order valence-corrected chi connectivity index (χ4v) is 2.52. The van der Waals surface area contributed by atoms with Gasteiger partial charge in [-0.05, 0) is 29.8 Å². The first-order chi connectivity index (χ1) is 12.7. The summed E-state index contributed by atoms with van der Waals surface area (Å²) in [5.41, 5.74) is 2.70. The molecule has 1 aromatic heterocycles. The maximum absolute atomic E-state index is 12.2. The van der Waals surface area contributed by atoms with Crippen molar-refractivity contribution in [1.82, 2.24) is 10.2 Å². The molecule has 0 fully saturated rings. The highest BCUT2D eigenvalue weighted by molar-refractivity contribution is 6.33. The molecule has 7 heteroatoms. The molecule has 0 bridgehead atoms. The Morgan fingerprint density at radius 3 is 2.54 bits per heavy atom. The van der Waals surface area contributed by atoms with Crippen molar-refractivity contribution in [2.75, 3.05) is 17.7 Å². The lowest BCUT2D eigenvalue weighted by Gasteiger charge is -2.11. The van der Waals surface area contributed by atoms with Crippen LogP contribution in [0.15, 0.2) is 60.7 Å². The molecule has 2 aromatic carbocycles. The first-order valence-electron chi connectivity index (χ1n) is 7.92. The van der Waals surface area contributed by atoms with Gasteiger partial charge < -0.3 is 15.4 Å². The van der Waals surface area contributed by atoms with Crippen molar-refractivity contribution < 1.29 is 9.53 Å². The summed E-state index contributed by atoms with van der Waals surface area (Å²) in [7, 11) is 1.49. The Labute approximate surface area is 156 Å². The topological polar surface area (TPSA) is 76.1 Å². The number of nitrogens with one attached hydrogen (secondary N) is 2. The van der Waals surface area contributed by atoms with Crippen molar-refractivity contribution in [3.63, 3.8) is 0 Å². The third-order valence-corrected chi connectivity index (χ3v) is 3.95. The smallest absolute Gasteiger partial charge is 0.276 e. The van der Waals surface area contributed by atoms with Crippen molar-refractivity contribution in [3.8, 4) is 5.88 Å². The second kappa shape index (κ2) is 8.31. The van der Waals surface area contributed by atoms with Crippen LogP contribution in [-0.2, 0) is 6.54 Å². The van der Waals surface area contributed by atoms with Crippen LogP contribution in [0.3, 0.4) is 0 Å². The Morgan fingerprint density at radius 1 is 1.08 bits per heavy atom. The molecule has 0 spiro atoms. The van der Waals surface area contributed by atoms with Crippen molar-refractivity contribution in [3.05, 3.63) is 76.9 Å². The molecule has 0 saturated carbocycles. The molecule has 26 heavy (non-hydrogen) atoms. The molecule has 1 heterocycles. The first kappa shape index (κ1) is 17.7. The predicted octanol–water partition coefficient (Wildman–Crippen LogP) is 4.00. The van der Waals surface area contributed by atoms with Crippen LogP contribution in [0.2, 0.25) is 5.02 Å². The van der Waals surface area contributed by atoms with Crippen LogP contribution >= 0.6 is 11.6 Å². The van der Waals surface area contributed by atoms with Gasteiger partial charge in [-0.15, -0.1) is 10.2 Å². The van der Waals surface area contributed by atoms with E-state index in [-0.39, 0.29) is 11.6 Å². The second-order valence-electron chi connectivity index (χ2n) is 5.45. The lowest BCUT2D eigenvalue weighted by atomic mass is 10.2. The third kappa shape index (κ3) is 4.49. The molecule has 3 aromatic rings. The standard InChI is InChI=1S/C19H17ClN4O2/c1-26-18-10-9-17(23-24-18)19(25)22-14-7-8-16(15(20)11-14)21-12-13-5-3-2-4-6-13/h2-11,21H,12H2,1H3,(H,22,25). The number of carbonyl (C=O) groups excluding carboxylic acids is 1. The van der Waals surface area contributed by atoms with Gasteiger partial charge in [-0.1, -0.05) is 41.9 Å². The zero-order chi connectivity index (χ0) is 18.4. The number of methoxy groups -OCH3 is 1. The van der Waals surface area contributed by atoms with Gasteiger partial charge in [-0.25, -0.2) is 0 Å². The fourth-order valence-electron chi connectivity index (χ4n) is 2.27. The van der Waals surface area contributed by atoms with Crippen LogP contribution in [0.5, 0.6) is 5.88 Å². The van der Waals surface area contributed by atoms with E-state index in [0.29, 0.717) is 23.1 Å². The summed E-state index contributed by atoms with van der Waals surface area (Å²) in [5.74, 6) is -0.0281. The van der Waals surface area contributed by atoms with Crippen LogP contribution in [-0.4, -0.2) is 23.2 Å². The van der Waals surface area contributed by atoms with Gasteiger partial charge in [0.15, 0.2) is 5.69 Å². The maximum atomic E-state index is 12.2. The normalized spacial score (nSPS) is 10.2. The number of nitrogens with zero attached hydrogens (tertiary/aromatic N) is 2. The lowest BCUT2D eigenvalue weighted by molar-refractivity contribution is 0.102. The Morgan fingerprint density at radius 2 is 1.88 bits per heavy atom. The fraction of sp³-hybridized carbons (Fsp3) is 0.105. The van der Waals surface area contributed by atoms with Crippen molar-refractivity contribution in [1.29, 1.82) is 0 Å². The van der Waals surface area contributed by atoms with Crippen molar-refractivity contribution in [2.45, 2.75) is 6.54 Å². The highest BCUT2D eigenvalue weighted by Gasteiger charge is 2.10. The summed E-state index contributed by atoms with van der Waals surface area (Å²) in [6, 6.07) is 18.4. The molecule has 0 unspecified atom stereocenters. The molecule has 6 nitrogen and oxygen atoms in total. The van der Waals surface area contributed by atoms with Crippen LogP contribution < -0.4 is 15.4 Å². The van der Waals surface area contributed by atoms with E-state index in [4.69, 9.17) is 16.3 Å². The highest BCUT2D eigenvalue weighted by atomic mass is 35.5. The Balaban J connectivity index is 1.64. The van der Waals surface area contributed by atoms with E-state index < -0.39 is 0 Å². The van der Waals surface area contributed by atoms with Gasteiger partial charge in [0, 0.05) is 18.3 Å². The number of anilines is 2. The van der Waals surface area contributed by atoms with Crippen LogP contribution in [0.4, 0.5) is 11.4 Å². The second-order valence-corrected chi connectivity index (χ2v) is 5.86. The van der Waals surface area contributed by atoms with Gasteiger partial charge in [-0.3, -0.25) is 4.79 Å². The van der Waals surface area contributed by atoms with E-state index in [1.807, 2.05) is 36.4 Å². The monoisotopic (exact) mass is 368 g/mol. The van der Waals surface area contributed by atoms with Gasteiger partial charge in [0.25, 0.3) is 5.91 Å². The largest absolute Gasteiger partial charge is 0.480 e. The van der Waals surface area contributed by atoms with E-state index in [0.717, 1.165) is 11.3 Å². The summed E-state index contributed by atoms with van der Waals surface area (Å²) in [6.45, 7) is 0.660. The number of hydrogen-bond donors (Lipinski definition) is 2. The number of aromatic nitrogens is 2. The third-order valence-electron chi connectivity index (χ3n) is 3.63. The zero-order valence-electron chi connectivity index (χ0n) is 14.1. The van der Waals surface area contributed by atoms with Crippen molar-refractivity contribution >= 4 is 28.9 Å². The molecule has 0 aliphatic rings. The average Bonchev–Trinajstić information content (AvgIpc) is 2.68. The number of ether oxygens (including phenoxy) is 1. The Bertz CT molecular complexity index is 886. The Hall–Kier alpha value is -3.12. The van der Waals surface area contributed by atoms with Crippen molar-refractivity contribution in [2.24, 2.45) is 0 Å². The molecule has 1 amide bonds. The first-order valence-corrected chi connectivity index (χ1v) is 8.30. The number of benzene rings is 2. The number of halogens is 1. The summed E-state index contributed by atoms with van der Waals surface area (Å²) in [6.07, 6.45) is 0. The Kier molecular flexibility index (Phi) is 5.66. The quantitative estimate of drug-likeness (QED) is 0.687. The lowest BCUT2D eigenvalue weighted by Crippen LogP contribution is -2.14. The van der Waals surface area contributed by atoms with Gasteiger partial charge in [0.1, 0.15) is 0 Å². The highest BCUT2D eigenvalue weighted by Crippen LogP contribution is 2.26.